The van der Waals surface area contributed by atoms with Gasteiger partial charge < -0.3 is 4.74 Å². The first-order chi connectivity index (χ1) is 13.1. The third-order valence-corrected chi connectivity index (χ3v) is 5.32. The number of rotatable bonds is 12. The minimum Gasteiger partial charge on any atom is -0.493 e. The fourth-order valence-corrected chi connectivity index (χ4v) is 3.36. The van der Waals surface area contributed by atoms with Crippen molar-refractivity contribution in [3.05, 3.63) is 29.3 Å². The zero-order valence-electron chi connectivity index (χ0n) is 20.3. The molecule has 1 aromatic rings. The molecular weight excluding hydrogens is 328 g/mol. The molecule has 156 valence electrons. The van der Waals surface area contributed by atoms with Crippen LogP contribution in [-0.2, 0) is 10.8 Å². The third kappa shape index (κ3) is 9.67. The minimum atomic E-state index is -0.0236. The van der Waals surface area contributed by atoms with E-state index in [1.54, 1.807) is 0 Å². The van der Waals surface area contributed by atoms with Crippen LogP contribution in [0.1, 0.15) is 125 Å². The number of hydrogen-bond acceptors (Lipinski definition) is 1. The Morgan fingerprint density at radius 1 is 0.778 bits per heavy atom. The molecule has 0 aliphatic rings. The van der Waals surface area contributed by atoms with Gasteiger partial charge in [-0.3, -0.25) is 0 Å². The van der Waals surface area contributed by atoms with Crippen LogP contribution in [0.4, 0.5) is 0 Å². The first kappa shape index (κ1) is 22.3. The van der Waals surface area contributed by atoms with E-state index in [0.29, 0.717) is 6.04 Å². The van der Waals surface area contributed by atoms with Gasteiger partial charge in [0.25, 0.3) is 0 Å². The Morgan fingerprint density at radius 3 is 1.78 bits per heavy atom. The van der Waals surface area contributed by atoms with Gasteiger partial charge in [-0.2, -0.15) is 0 Å². The highest BCUT2D eigenvalue weighted by Gasteiger charge is 2.22. The van der Waals surface area contributed by atoms with Gasteiger partial charge in [-0.05, 0) is 34.4 Å². The van der Waals surface area contributed by atoms with Gasteiger partial charge in [0.2, 0.25) is 0 Å². The summed E-state index contributed by atoms with van der Waals surface area (Å²) in [6.45, 7) is 16.2. The van der Waals surface area contributed by atoms with Gasteiger partial charge in [0.05, 0.1) is 7.98 Å². The molecule has 0 atom stereocenters. The van der Waals surface area contributed by atoms with Crippen LogP contribution in [-0.4, -0.2) is 6.61 Å². The van der Waals surface area contributed by atoms with E-state index in [0.717, 1.165) is 24.3 Å². The number of benzene rings is 1. The van der Waals surface area contributed by atoms with E-state index < -0.39 is 0 Å². The van der Waals surface area contributed by atoms with E-state index in [-0.39, 0.29) is 10.8 Å². The number of unbranched alkanes of at least 4 members (excludes halogenated alkanes) is 9. The molecule has 0 saturated heterocycles. The van der Waals surface area contributed by atoms with E-state index in [9.17, 15) is 0 Å². The molecule has 0 bridgehead atoms. The molecule has 0 aromatic heterocycles. The highest BCUT2D eigenvalue weighted by atomic mass is 16.5. The lowest BCUT2D eigenvalue weighted by Gasteiger charge is -2.27. The third-order valence-electron chi connectivity index (χ3n) is 5.32. The van der Waals surface area contributed by atoms with Crippen molar-refractivity contribution in [1.29, 1.82) is 0 Å². The van der Waals surface area contributed by atoms with Crippen LogP contribution in [0, 0.1) is 0 Å². The summed E-state index contributed by atoms with van der Waals surface area (Å²) in [4.78, 5) is 0. The lowest BCUT2D eigenvalue weighted by molar-refractivity contribution is 0.296. The SMILES string of the molecule is [3H]c1cc(C(C)(C)C)cc(C(C)(C)C)c1OCCCCCCCCCCCC. The summed E-state index contributed by atoms with van der Waals surface area (Å²) in [6, 6.07) is 4.78. The minimum absolute atomic E-state index is 0.0236. The van der Waals surface area contributed by atoms with Crippen LogP contribution in [0.15, 0.2) is 18.2 Å². The summed E-state index contributed by atoms with van der Waals surface area (Å²) in [5, 5.41) is 0. The Hall–Kier alpha value is -0.980. The van der Waals surface area contributed by atoms with E-state index in [2.05, 4.69) is 54.5 Å². The zero-order valence-corrected chi connectivity index (χ0v) is 19.3. The maximum atomic E-state index is 8.53. The Bertz CT molecular complexity index is 563. The first-order valence-corrected chi connectivity index (χ1v) is 11.4. The molecule has 0 aliphatic heterocycles. The predicted molar refractivity (Wildman–Crippen MR) is 121 cm³/mol. The van der Waals surface area contributed by atoms with Crippen molar-refractivity contribution in [2.45, 2.75) is 124 Å². The van der Waals surface area contributed by atoms with Gasteiger partial charge in [0.15, 0.2) is 0 Å². The lowest BCUT2D eigenvalue weighted by Crippen LogP contribution is -2.17. The molecule has 0 unspecified atom stereocenters. The fraction of sp³-hybridized carbons (Fsp3) is 0.769. The van der Waals surface area contributed by atoms with Crippen molar-refractivity contribution in [2.24, 2.45) is 0 Å². The second-order valence-electron chi connectivity index (χ2n) is 10.2. The topological polar surface area (TPSA) is 9.23 Å². The van der Waals surface area contributed by atoms with Crippen LogP contribution >= 0.6 is 0 Å². The van der Waals surface area contributed by atoms with Crippen LogP contribution in [0.2, 0.25) is 0 Å². The summed E-state index contributed by atoms with van der Waals surface area (Å²) in [7, 11) is 0. The van der Waals surface area contributed by atoms with Crippen molar-refractivity contribution < 1.29 is 6.11 Å². The van der Waals surface area contributed by atoms with E-state index in [1.807, 2.05) is 6.07 Å². The van der Waals surface area contributed by atoms with Crippen molar-refractivity contribution in [1.82, 2.24) is 0 Å². The van der Waals surface area contributed by atoms with Crippen molar-refractivity contribution >= 4 is 0 Å². The molecule has 27 heavy (non-hydrogen) atoms. The van der Waals surface area contributed by atoms with Crippen LogP contribution in [0.25, 0.3) is 0 Å². The maximum Gasteiger partial charge on any atom is 0.123 e. The average molecular weight is 377 g/mol. The zero-order chi connectivity index (χ0) is 21.2. The molecule has 1 nitrogen and oxygen atoms in total. The number of hydrogen-bond donors (Lipinski definition) is 0. The van der Waals surface area contributed by atoms with Gasteiger partial charge in [-0.15, -0.1) is 0 Å². The first-order valence-electron chi connectivity index (χ1n) is 11.9. The standard InChI is InChI=1S/C26H46O/c1-8-9-10-11-12-13-14-15-16-17-20-27-24-19-18-22(25(2,3)4)21-23(24)26(5,6)7/h18-19,21H,8-17,20H2,1-7H3/i19T. The lowest BCUT2D eigenvalue weighted by atomic mass is 9.80. The Labute approximate surface area is 171 Å². The van der Waals surface area contributed by atoms with Crippen LogP contribution in [0.5, 0.6) is 5.75 Å². The molecule has 1 heteroatoms. The Balaban J connectivity index is 2.48. The summed E-state index contributed by atoms with van der Waals surface area (Å²) >= 11 is 0. The largest absolute Gasteiger partial charge is 0.493 e. The molecule has 0 radical (unpaired) electrons. The van der Waals surface area contributed by atoms with Crippen molar-refractivity contribution in [3.63, 3.8) is 0 Å². The summed E-state index contributed by atoms with van der Waals surface area (Å²) in [6.07, 6.45) is 13.3. The summed E-state index contributed by atoms with van der Waals surface area (Å²) in [5.41, 5.74) is 2.40. The molecule has 0 spiro atoms. The number of ether oxygens (including phenoxy) is 1. The normalized spacial score (nSPS) is 12.9. The highest BCUT2D eigenvalue weighted by Crippen LogP contribution is 2.35. The van der Waals surface area contributed by atoms with E-state index in [4.69, 9.17) is 6.11 Å². The Morgan fingerprint density at radius 2 is 1.30 bits per heavy atom. The molecule has 0 amide bonds. The smallest absolute Gasteiger partial charge is 0.123 e. The van der Waals surface area contributed by atoms with Gasteiger partial charge in [-0.25, -0.2) is 0 Å². The second kappa shape index (κ2) is 11.8. The summed E-state index contributed by atoms with van der Waals surface area (Å²) in [5.74, 6) is 0.788. The van der Waals surface area contributed by atoms with Crippen molar-refractivity contribution in [3.8, 4) is 5.75 Å². The predicted octanol–water partition coefficient (Wildman–Crippen LogP) is 8.58. The van der Waals surface area contributed by atoms with Crippen molar-refractivity contribution in [2.75, 3.05) is 6.61 Å². The second-order valence-corrected chi connectivity index (χ2v) is 10.2. The molecule has 0 saturated carbocycles. The average Bonchev–Trinajstić information content (AvgIpc) is 2.58. The highest BCUT2D eigenvalue weighted by molar-refractivity contribution is 5.43. The van der Waals surface area contributed by atoms with Gasteiger partial charge >= 0.3 is 0 Å². The molecule has 0 heterocycles. The molecule has 0 aliphatic carbocycles. The van der Waals surface area contributed by atoms with Gasteiger partial charge in [0, 0.05) is 0 Å². The molecular formula is C26H46O. The molecule has 0 N–H and O–H groups in total. The summed E-state index contributed by atoms with van der Waals surface area (Å²) < 4.78 is 14.7. The van der Waals surface area contributed by atoms with Crippen LogP contribution in [0.3, 0.4) is 0 Å². The van der Waals surface area contributed by atoms with Gasteiger partial charge in [-0.1, -0.05) is 118 Å². The maximum absolute atomic E-state index is 8.53. The fourth-order valence-electron chi connectivity index (χ4n) is 3.36. The quantitative estimate of drug-likeness (QED) is 0.332. The van der Waals surface area contributed by atoms with Crippen LogP contribution < -0.4 is 4.74 Å². The van der Waals surface area contributed by atoms with E-state index in [1.165, 1.54) is 63.4 Å². The van der Waals surface area contributed by atoms with E-state index >= 15 is 0 Å². The molecule has 1 aromatic carbocycles. The molecule has 1 rings (SSSR count). The molecule has 0 fully saturated rings. The monoisotopic (exact) mass is 376 g/mol. The Kier molecular flexibility index (Phi) is 9.73. The van der Waals surface area contributed by atoms with Gasteiger partial charge in [0.1, 0.15) is 5.75 Å².